The lowest BCUT2D eigenvalue weighted by Crippen LogP contribution is -2.13. The largest absolute Gasteiger partial charge is 0.322 e. The Morgan fingerprint density at radius 2 is 1.27 bits per heavy atom. The number of anilines is 2. The van der Waals surface area contributed by atoms with Crippen LogP contribution in [0.4, 0.5) is 15.8 Å². The second-order valence-corrected chi connectivity index (χ2v) is 6.42. The molecule has 6 heteroatoms. The maximum Gasteiger partial charge on any atom is 0.255 e. The highest BCUT2D eigenvalue weighted by Gasteiger charge is 2.08. The molecule has 26 heavy (non-hydrogen) atoms. The topological polar surface area (TPSA) is 58.2 Å². The predicted octanol–water partition coefficient (Wildman–Crippen LogP) is 5.09. The number of carbonyl (C=O) groups is 2. The first-order valence-corrected chi connectivity index (χ1v) is 8.54. The van der Waals surface area contributed by atoms with Crippen molar-refractivity contribution in [2.75, 3.05) is 10.6 Å². The highest BCUT2D eigenvalue weighted by molar-refractivity contribution is 9.10. The first-order valence-electron chi connectivity index (χ1n) is 7.75. The lowest BCUT2D eigenvalue weighted by Gasteiger charge is -2.08. The van der Waals surface area contributed by atoms with Gasteiger partial charge < -0.3 is 10.6 Å². The van der Waals surface area contributed by atoms with E-state index in [4.69, 9.17) is 0 Å². The summed E-state index contributed by atoms with van der Waals surface area (Å²) in [7, 11) is 0. The van der Waals surface area contributed by atoms with Gasteiger partial charge in [0.25, 0.3) is 11.8 Å². The Morgan fingerprint density at radius 3 is 1.81 bits per heavy atom. The number of rotatable bonds is 4. The number of nitrogens with one attached hydrogen (secondary N) is 2. The molecule has 2 amide bonds. The van der Waals surface area contributed by atoms with Gasteiger partial charge in [-0.2, -0.15) is 0 Å². The van der Waals surface area contributed by atoms with Gasteiger partial charge in [0.05, 0.1) is 0 Å². The minimum atomic E-state index is -0.469. The van der Waals surface area contributed by atoms with Crippen LogP contribution in [-0.4, -0.2) is 11.8 Å². The van der Waals surface area contributed by atoms with Crippen LogP contribution in [0.3, 0.4) is 0 Å². The van der Waals surface area contributed by atoms with Crippen LogP contribution in [0.1, 0.15) is 20.7 Å². The van der Waals surface area contributed by atoms with Gasteiger partial charge in [0.1, 0.15) is 5.82 Å². The van der Waals surface area contributed by atoms with E-state index < -0.39 is 11.7 Å². The third-order valence-electron chi connectivity index (χ3n) is 3.59. The van der Waals surface area contributed by atoms with E-state index in [1.165, 1.54) is 24.3 Å². The van der Waals surface area contributed by atoms with Gasteiger partial charge in [0.15, 0.2) is 0 Å². The molecule has 0 aliphatic carbocycles. The van der Waals surface area contributed by atoms with Crippen LogP contribution in [0.25, 0.3) is 0 Å². The SMILES string of the molecule is O=C(Nc1ccc(NC(=O)c2cccc(F)c2)cc1)c1ccc(Br)cc1. The Morgan fingerprint density at radius 1 is 0.731 bits per heavy atom. The first kappa shape index (κ1) is 17.8. The molecule has 3 aromatic rings. The molecule has 0 unspecified atom stereocenters. The number of benzene rings is 3. The molecule has 0 aromatic heterocycles. The van der Waals surface area contributed by atoms with Crippen molar-refractivity contribution in [3.63, 3.8) is 0 Å². The second-order valence-electron chi connectivity index (χ2n) is 5.50. The fourth-order valence-electron chi connectivity index (χ4n) is 2.27. The highest BCUT2D eigenvalue weighted by atomic mass is 79.9. The van der Waals surface area contributed by atoms with Gasteiger partial charge >= 0.3 is 0 Å². The Kier molecular flexibility index (Phi) is 5.43. The van der Waals surface area contributed by atoms with Gasteiger partial charge in [0.2, 0.25) is 0 Å². The average molecular weight is 413 g/mol. The van der Waals surface area contributed by atoms with Crippen LogP contribution < -0.4 is 10.6 Å². The average Bonchev–Trinajstić information content (AvgIpc) is 2.64. The number of hydrogen-bond acceptors (Lipinski definition) is 2. The van der Waals surface area contributed by atoms with Crippen molar-refractivity contribution in [1.29, 1.82) is 0 Å². The van der Waals surface area contributed by atoms with Crippen LogP contribution in [0.2, 0.25) is 0 Å². The molecule has 0 atom stereocenters. The van der Waals surface area contributed by atoms with Gasteiger partial charge in [-0.25, -0.2) is 4.39 Å². The van der Waals surface area contributed by atoms with Crippen LogP contribution in [0, 0.1) is 5.82 Å². The van der Waals surface area contributed by atoms with E-state index in [0.29, 0.717) is 16.9 Å². The van der Waals surface area contributed by atoms with Crippen molar-refractivity contribution in [2.24, 2.45) is 0 Å². The van der Waals surface area contributed by atoms with Crippen LogP contribution >= 0.6 is 15.9 Å². The third-order valence-corrected chi connectivity index (χ3v) is 4.12. The molecule has 0 aliphatic heterocycles. The Labute approximate surface area is 158 Å². The molecule has 4 nitrogen and oxygen atoms in total. The molecule has 0 heterocycles. The van der Waals surface area contributed by atoms with Crippen molar-refractivity contribution in [3.8, 4) is 0 Å². The maximum atomic E-state index is 13.2. The van der Waals surface area contributed by atoms with Gasteiger partial charge in [-0.15, -0.1) is 0 Å². The van der Waals surface area contributed by atoms with Crippen molar-refractivity contribution in [3.05, 3.63) is 94.2 Å². The Bertz CT molecular complexity index is 941. The van der Waals surface area contributed by atoms with Gasteiger partial charge in [-0.05, 0) is 66.7 Å². The Balaban J connectivity index is 1.64. The van der Waals surface area contributed by atoms with E-state index in [9.17, 15) is 14.0 Å². The molecular weight excluding hydrogens is 399 g/mol. The van der Waals surface area contributed by atoms with Crippen LogP contribution in [0.15, 0.2) is 77.3 Å². The fourth-order valence-corrected chi connectivity index (χ4v) is 2.54. The molecule has 0 saturated carbocycles. The summed E-state index contributed by atoms with van der Waals surface area (Å²) >= 11 is 3.32. The summed E-state index contributed by atoms with van der Waals surface area (Å²) < 4.78 is 14.1. The van der Waals surface area contributed by atoms with Gasteiger partial charge in [-0.3, -0.25) is 9.59 Å². The van der Waals surface area contributed by atoms with E-state index in [0.717, 1.165) is 4.47 Å². The molecule has 0 spiro atoms. The van der Waals surface area contributed by atoms with E-state index in [1.807, 2.05) is 0 Å². The maximum absolute atomic E-state index is 13.2. The molecule has 0 saturated heterocycles. The minimum absolute atomic E-state index is 0.228. The summed E-state index contributed by atoms with van der Waals surface area (Å²) in [6.07, 6.45) is 0. The smallest absolute Gasteiger partial charge is 0.255 e. The number of hydrogen-bond donors (Lipinski definition) is 2. The second kappa shape index (κ2) is 7.93. The number of carbonyl (C=O) groups excluding carboxylic acids is 2. The zero-order chi connectivity index (χ0) is 18.5. The molecule has 0 radical (unpaired) electrons. The third kappa shape index (κ3) is 4.55. The summed E-state index contributed by atoms with van der Waals surface area (Å²) in [5.41, 5.74) is 1.91. The Hall–Kier alpha value is -2.99. The zero-order valence-electron chi connectivity index (χ0n) is 13.5. The standard InChI is InChI=1S/C20H14BrFN2O2/c21-15-6-4-13(5-7-15)19(25)23-17-8-10-18(11-9-17)24-20(26)14-2-1-3-16(22)12-14/h1-12H,(H,23,25)(H,24,26). The lowest BCUT2D eigenvalue weighted by atomic mass is 10.2. The van der Waals surface area contributed by atoms with Crippen LogP contribution in [-0.2, 0) is 0 Å². The molecule has 0 aliphatic rings. The van der Waals surface area contributed by atoms with Gasteiger partial charge in [0, 0.05) is 27.0 Å². The molecule has 0 bridgehead atoms. The van der Waals surface area contributed by atoms with E-state index in [2.05, 4.69) is 26.6 Å². The molecule has 2 N–H and O–H groups in total. The summed E-state index contributed by atoms with van der Waals surface area (Å²) in [6, 6.07) is 19.1. The zero-order valence-corrected chi connectivity index (χ0v) is 15.1. The summed E-state index contributed by atoms with van der Waals surface area (Å²) in [6.45, 7) is 0. The number of halogens is 2. The lowest BCUT2D eigenvalue weighted by molar-refractivity contribution is 0.101. The summed E-state index contributed by atoms with van der Waals surface area (Å²) in [5, 5.41) is 5.46. The first-order chi connectivity index (χ1) is 12.5. The summed E-state index contributed by atoms with van der Waals surface area (Å²) in [4.78, 5) is 24.3. The van der Waals surface area contributed by atoms with Gasteiger partial charge in [-0.1, -0.05) is 22.0 Å². The molecular formula is C20H14BrFN2O2. The molecule has 3 rings (SSSR count). The van der Waals surface area contributed by atoms with Crippen LogP contribution in [0.5, 0.6) is 0 Å². The normalized spacial score (nSPS) is 10.2. The van der Waals surface area contributed by atoms with Crippen molar-refractivity contribution < 1.29 is 14.0 Å². The van der Waals surface area contributed by atoms with E-state index in [1.54, 1.807) is 48.5 Å². The molecule has 130 valence electrons. The van der Waals surface area contributed by atoms with Crippen molar-refractivity contribution >= 4 is 39.1 Å². The van der Waals surface area contributed by atoms with E-state index in [-0.39, 0.29) is 11.5 Å². The molecule has 0 fully saturated rings. The molecule has 3 aromatic carbocycles. The predicted molar refractivity (Wildman–Crippen MR) is 103 cm³/mol. The fraction of sp³-hybridized carbons (Fsp3) is 0. The monoisotopic (exact) mass is 412 g/mol. The number of amides is 2. The van der Waals surface area contributed by atoms with E-state index >= 15 is 0 Å². The summed E-state index contributed by atoms with van der Waals surface area (Å²) in [5.74, 6) is -1.10. The van der Waals surface area contributed by atoms with Crippen molar-refractivity contribution in [1.82, 2.24) is 0 Å². The highest BCUT2D eigenvalue weighted by Crippen LogP contribution is 2.17. The quantitative estimate of drug-likeness (QED) is 0.626. The van der Waals surface area contributed by atoms with Crippen molar-refractivity contribution in [2.45, 2.75) is 0 Å². The minimum Gasteiger partial charge on any atom is -0.322 e.